The maximum absolute atomic E-state index is 12.4. The number of carboxylic acids is 1. The van der Waals surface area contributed by atoms with Gasteiger partial charge in [-0.05, 0) is 35.9 Å². The Morgan fingerprint density at radius 3 is 2.04 bits per heavy atom. The first-order chi connectivity index (χ1) is 11.1. The molecule has 0 heterocycles. The van der Waals surface area contributed by atoms with Gasteiger partial charge in [0.1, 0.15) is 12.4 Å². The van der Waals surface area contributed by atoms with Crippen LogP contribution in [0.2, 0.25) is 0 Å². The second kappa shape index (κ2) is 7.91. The van der Waals surface area contributed by atoms with Gasteiger partial charge in [-0.25, -0.2) is 4.79 Å². The molecular formula is C18H16O5. The van der Waals surface area contributed by atoms with Crippen molar-refractivity contribution in [2.24, 2.45) is 0 Å². The van der Waals surface area contributed by atoms with Crippen molar-refractivity contribution >= 4 is 17.8 Å². The molecule has 118 valence electrons. The van der Waals surface area contributed by atoms with Crippen molar-refractivity contribution < 1.29 is 24.5 Å². The Balaban J connectivity index is 2.09. The summed E-state index contributed by atoms with van der Waals surface area (Å²) in [5.41, 5.74) is 1.74. The van der Waals surface area contributed by atoms with Crippen molar-refractivity contribution in [2.45, 2.75) is 0 Å². The number of ether oxygens (including phenoxy) is 1. The number of ketones is 1. The highest BCUT2D eigenvalue weighted by Crippen LogP contribution is 2.16. The van der Waals surface area contributed by atoms with Crippen LogP contribution in [0.1, 0.15) is 21.5 Å². The zero-order valence-electron chi connectivity index (χ0n) is 12.3. The summed E-state index contributed by atoms with van der Waals surface area (Å²) in [4.78, 5) is 22.8. The van der Waals surface area contributed by atoms with E-state index in [4.69, 9.17) is 14.9 Å². The van der Waals surface area contributed by atoms with Gasteiger partial charge in [-0.1, -0.05) is 24.3 Å². The van der Waals surface area contributed by atoms with Crippen molar-refractivity contribution in [2.75, 3.05) is 13.2 Å². The third-order valence-corrected chi connectivity index (χ3v) is 3.07. The summed E-state index contributed by atoms with van der Waals surface area (Å²) in [7, 11) is 0. The number of aliphatic hydroxyl groups excluding tert-OH is 1. The molecule has 0 spiro atoms. The second-order valence-electron chi connectivity index (χ2n) is 4.72. The molecule has 0 bridgehead atoms. The van der Waals surface area contributed by atoms with Crippen molar-refractivity contribution in [1.29, 1.82) is 0 Å². The van der Waals surface area contributed by atoms with Gasteiger partial charge in [0.05, 0.1) is 6.61 Å². The number of rotatable bonds is 7. The van der Waals surface area contributed by atoms with E-state index < -0.39 is 5.97 Å². The van der Waals surface area contributed by atoms with Crippen LogP contribution in [0.4, 0.5) is 0 Å². The molecule has 0 aliphatic carbocycles. The molecule has 2 N–H and O–H groups in total. The van der Waals surface area contributed by atoms with Crippen LogP contribution in [-0.4, -0.2) is 35.2 Å². The molecule has 0 atom stereocenters. The number of benzene rings is 2. The maximum atomic E-state index is 12.4. The number of hydrogen-bond donors (Lipinski definition) is 2. The molecule has 0 amide bonds. The van der Waals surface area contributed by atoms with E-state index in [1.807, 2.05) is 0 Å². The SMILES string of the molecule is O=C(O)/C=C/c1ccc(C(=O)c2ccc(OCCO)cc2)cc1. The lowest BCUT2D eigenvalue weighted by atomic mass is 10.0. The Morgan fingerprint density at radius 2 is 1.52 bits per heavy atom. The molecule has 0 fully saturated rings. The fourth-order valence-corrected chi connectivity index (χ4v) is 1.95. The minimum Gasteiger partial charge on any atom is -0.491 e. The van der Waals surface area contributed by atoms with Crippen molar-refractivity contribution in [1.82, 2.24) is 0 Å². The first-order valence-corrected chi connectivity index (χ1v) is 6.99. The van der Waals surface area contributed by atoms with Crippen molar-refractivity contribution in [3.63, 3.8) is 0 Å². The third kappa shape index (κ3) is 4.79. The summed E-state index contributed by atoms with van der Waals surface area (Å²) >= 11 is 0. The lowest BCUT2D eigenvalue weighted by Gasteiger charge is -2.06. The van der Waals surface area contributed by atoms with E-state index in [2.05, 4.69) is 0 Å². The van der Waals surface area contributed by atoms with Crippen LogP contribution in [0.25, 0.3) is 6.08 Å². The summed E-state index contributed by atoms with van der Waals surface area (Å²) in [6.45, 7) is 0.141. The van der Waals surface area contributed by atoms with Gasteiger partial charge in [-0.15, -0.1) is 0 Å². The van der Waals surface area contributed by atoms with Crippen LogP contribution in [0, 0.1) is 0 Å². The van der Waals surface area contributed by atoms with Gasteiger partial charge in [0.2, 0.25) is 0 Å². The van der Waals surface area contributed by atoms with Crippen LogP contribution >= 0.6 is 0 Å². The van der Waals surface area contributed by atoms with Crippen LogP contribution in [0.15, 0.2) is 54.6 Å². The van der Waals surface area contributed by atoms with E-state index in [-0.39, 0.29) is 19.0 Å². The van der Waals surface area contributed by atoms with E-state index in [0.717, 1.165) is 6.08 Å². The Kier molecular flexibility index (Phi) is 5.66. The molecular weight excluding hydrogens is 296 g/mol. The Labute approximate surface area is 133 Å². The van der Waals surface area contributed by atoms with E-state index in [1.165, 1.54) is 6.08 Å². The quantitative estimate of drug-likeness (QED) is 0.606. The summed E-state index contributed by atoms with van der Waals surface area (Å²) in [5, 5.41) is 17.3. The standard InChI is InChI=1S/C18H16O5/c19-11-12-23-16-8-6-15(7-9-16)18(22)14-4-1-13(2-5-14)3-10-17(20)21/h1-10,19H,11-12H2,(H,20,21)/b10-3+. The van der Waals surface area contributed by atoms with Crippen LogP contribution in [-0.2, 0) is 4.79 Å². The first-order valence-electron chi connectivity index (χ1n) is 6.99. The molecule has 0 aliphatic rings. The molecule has 2 aromatic carbocycles. The van der Waals surface area contributed by atoms with E-state index >= 15 is 0 Å². The largest absolute Gasteiger partial charge is 0.491 e. The fourth-order valence-electron chi connectivity index (χ4n) is 1.95. The molecule has 0 aromatic heterocycles. The highest BCUT2D eigenvalue weighted by Gasteiger charge is 2.09. The molecule has 0 radical (unpaired) electrons. The Bertz CT molecular complexity index is 699. The van der Waals surface area contributed by atoms with E-state index in [9.17, 15) is 9.59 Å². The number of aliphatic hydroxyl groups is 1. The molecule has 0 saturated heterocycles. The Hall–Kier alpha value is -2.92. The second-order valence-corrected chi connectivity index (χ2v) is 4.72. The highest BCUT2D eigenvalue weighted by atomic mass is 16.5. The molecule has 0 saturated carbocycles. The number of hydrogen-bond acceptors (Lipinski definition) is 4. The monoisotopic (exact) mass is 312 g/mol. The zero-order chi connectivity index (χ0) is 16.7. The number of carbonyl (C=O) groups excluding carboxylic acids is 1. The van der Waals surface area contributed by atoms with Crippen molar-refractivity contribution in [3.05, 3.63) is 71.3 Å². The number of carbonyl (C=O) groups is 2. The van der Waals surface area contributed by atoms with Gasteiger partial charge >= 0.3 is 5.97 Å². The Morgan fingerprint density at radius 1 is 0.957 bits per heavy atom. The van der Waals surface area contributed by atoms with E-state index in [0.29, 0.717) is 22.4 Å². The highest BCUT2D eigenvalue weighted by molar-refractivity contribution is 6.09. The summed E-state index contributed by atoms with van der Waals surface area (Å²) in [6.07, 6.45) is 2.51. The summed E-state index contributed by atoms with van der Waals surface area (Å²) in [5.74, 6) is -0.564. The summed E-state index contributed by atoms with van der Waals surface area (Å²) in [6, 6.07) is 13.3. The normalized spacial score (nSPS) is 10.7. The van der Waals surface area contributed by atoms with Gasteiger partial charge < -0.3 is 14.9 Å². The average Bonchev–Trinajstić information content (AvgIpc) is 2.58. The minimum atomic E-state index is -1.02. The van der Waals surface area contributed by atoms with Gasteiger partial charge in [-0.2, -0.15) is 0 Å². The minimum absolute atomic E-state index is 0.0661. The topological polar surface area (TPSA) is 83.8 Å². The predicted octanol–water partition coefficient (Wildman–Crippen LogP) is 2.39. The van der Waals surface area contributed by atoms with E-state index in [1.54, 1.807) is 48.5 Å². The molecule has 0 aliphatic heterocycles. The maximum Gasteiger partial charge on any atom is 0.328 e. The van der Waals surface area contributed by atoms with Gasteiger partial charge in [0.15, 0.2) is 5.78 Å². The first kappa shape index (κ1) is 16.5. The predicted molar refractivity (Wildman–Crippen MR) is 85.6 cm³/mol. The van der Waals surface area contributed by atoms with Gasteiger partial charge in [0.25, 0.3) is 0 Å². The lowest BCUT2D eigenvalue weighted by molar-refractivity contribution is -0.131. The summed E-state index contributed by atoms with van der Waals surface area (Å²) < 4.78 is 5.24. The number of aliphatic carboxylic acids is 1. The van der Waals surface area contributed by atoms with Gasteiger partial charge in [0, 0.05) is 17.2 Å². The average molecular weight is 312 g/mol. The molecule has 0 unspecified atom stereocenters. The molecule has 23 heavy (non-hydrogen) atoms. The smallest absolute Gasteiger partial charge is 0.328 e. The lowest BCUT2D eigenvalue weighted by Crippen LogP contribution is -2.03. The molecule has 2 aromatic rings. The van der Waals surface area contributed by atoms with Crippen LogP contribution in [0.3, 0.4) is 0 Å². The molecule has 5 heteroatoms. The van der Waals surface area contributed by atoms with Crippen molar-refractivity contribution in [3.8, 4) is 5.75 Å². The molecule has 5 nitrogen and oxygen atoms in total. The van der Waals surface area contributed by atoms with Gasteiger partial charge in [-0.3, -0.25) is 4.79 Å². The van der Waals surface area contributed by atoms with Crippen LogP contribution in [0.5, 0.6) is 5.75 Å². The van der Waals surface area contributed by atoms with Crippen LogP contribution < -0.4 is 4.74 Å². The molecule has 2 rings (SSSR count). The number of carboxylic acid groups (broad SMARTS) is 1. The zero-order valence-corrected chi connectivity index (χ0v) is 12.3. The fraction of sp³-hybridized carbons (Fsp3) is 0.111. The third-order valence-electron chi connectivity index (χ3n) is 3.07.